The molecule has 12 heteroatoms. The molecular weight excluding hydrogens is 565 g/mol. The van der Waals surface area contributed by atoms with Crippen molar-refractivity contribution < 1.29 is 35.3 Å². The summed E-state index contributed by atoms with van der Waals surface area (Å²) in [5.74, 6) is 0.0593. The van der Waals surface area contributed by atoms with E-state index in [1.807, 2.05) is 0 Å². The standard InChI is InChI=1S/C24H20BrF3N2O5S/c1-15(29-30-23(31)13-16-4-3-5-19(12-16)34-2)21-14-18(25)8-11-22(21)35-36(32,33)20-9-6-17(7-10-20)24(26,27)28/h3-12,14H,13H2,1-2H3,(H,30,31)/b29-15+. The van der Waals surface area contributed by atoms with Gasteiger partial charge in [0.05, 0.1) is 24.8 Å². The number of carbonyl (C=O) groups excluding carboxylic acids is 1. The number of halogens is 4. The van der Waals surface area contributed by atoms with E-state index < -0.39 is 32.7 Å². The van der Waals surface area contributed by atoms with Crippen molar-refractivity contribution in [2.75, 3.05) is 7.11 Å². The minimum atomic E-state index is -4.60. The number of methoxy groups -OCH3 is 1. The molecule has 0 aliphatic carbocycles. The van der Waals surface area contributed by atoms with E-state index in [0.29, 0.717) is 27.9 Å². The molecule has 3 aromatic rings. The van der Waals surface area contributed by atoms with E-state index in [1.54, 1.807) is 24.3 Å². The third kappa shape index (κ3) is 7.08. The number of nitrogens with one attached hydrogen (secondary N) is 1. The zero-order valence-electron chi connectivity index (χ0n) is 19.0. The first-order valence-corrected chi connectivity index (χ1v) is 12.5. The molecule has 0 saturated carbocycles. The van der Waals surface area contributed by atoms with E-state index in [-0.39, 0.29) is 23.4 Å². The maximum Gasteiger partial charge on any atom is 0.416 e. The number of hydrogen-bond donors (Lipinski definition) is 1. The fourth-order valence-corrected chi connectivity index (χ4v) is 4.36. The van der Waals surface area contributed by atoms with Crippen molar-refractivity contribution in [1.29, 1.82) is 0 Å². The van der Waals surface area contributed by atoms with E-state index in [2.05, 4.69) is 26.5 Å². The third-order valence-electron chi connectivity index (χ3n) is 4.85. The molecule has 1 N–H and O–H groups in total. The molecular formula is C24H20BrF3N2O5S. The smallest absolute Gasteiger partial charge is 0.416 e. The molecule has 0 heterocycles. The largest absolute Gasteiger partial charge is 0.497 e. The van der Waals surface area contributed by atoms with Crippen LogP contribution in [0.3, 0.4) is 0 Å². The molecule has 190 valence electrons. The molecule has 0 bridgehead atoms. The monoisotopic (exact) mass is 584 g/mol. The number of ether oxygens (including phenoxy) is 1. The quantitative estimate of drug-likeness (QED) is 0.219. The van der Waals surface area contributed by atoms with Crippen LogP contribution in [0.1, 0.15) is 23.6 Å². The summed E-state index contributed by atoms with van der Waals surface area (Å²) in [6, 6.07) is 14.3. The van der Waals surface area contributed by atoms with Crippen molar-refractivity contribution in [2.45, 2.75) is 24.4 Å². The van der Waals surface area contributed by atoms with Gasteiger partial charge in [0.15, 0.2) is 5.75 Å². The van der Waals surface area contributed by atoms with Crippen molar-refractivity contribution in [3.8, 4) is 11.5 Å². The van der Waals surface area contributed by atoms with Gasteiger partial charge in [0.2, 0.25) is 5.91 Å². The number of nitrogens with zero attached hydrogens (tertiary/aromatic N) is 1. The Kier molecular flexibility index (Phi) is 8.41. The van der Waals surface area contributed by atoms with Gasteiger partial charge in [-0.15, -0.1) is 0 Å². The predicted molar refractivity (Wildman–Crippen MR) is 130 cm³/mol. The lowest BCUT2D eigenvalue weighted by Crippen LogP contribution is -2.21. The zero-order chi connectivity index (χ0) is 26.5. The minimum absolute atomic E-state index is 0.0259. The fourth-order valence-electron chi connectivity index (χ4n) is 3.05. The Morgan fingerprint density at radius 2 is 1.75 bits per heavy atom. The van der Waals surface area contributed by atoms with Crippen LogP contribution in [0.2, 0.25) is 0 Å². The normalized spacial score (nSPS) is 12.2. The van der Waals surface area contributed by atoms with Gasteiger partial charge < -0.3 is 8.92 Å². The molecule has 0 spiro atoms. The van der Waals surface area contributed by atoms with E-state index in [9.17, 15) is 26.4 Å². The highest BCUT2D eigenvalue weighted by Crippen LogP contribution is 2.31. The predicted octanol–water partition coefficient (Wildman–Crippen LogP) is 5.33. The molecule has 0 aliphatic heterocycles. The Bertz CT molecular complexity index is 1390. The minimum Gasteiger partial charge on any atom is -0.497 e. The number of alkyl halides is 3. The molecule has 0 aromatic heterocycles. The van der Waals surface area contributed by atoms with Crippen LogP contribution in [0.5, 0.6) is 11.5 Å². The van der Waals surface area contributed by atoms with Gasteiger partial charge in [-0.05, 0) is 67.1 Å². The Hall–Kier alpha value is -3.38. The number of hydrogen-bond acceptors (Lipinski definition) is 6. The van der Waals surface area contributed by atoms with Gasteiger partial charge in [0.1, 0.15) is 10.6 Å². The summed E-state index contributed by atoms with van der Waals surface area (Å²) < 4.78 is 74.7. The molecule has 3 rings (SSSR count). The fraction of sp³-hybridized carbons (Fsp3) is 0.167. The van der Waals surface area contributed by atoms with Crippen molar-refractivity contribution in [3.05, 3.63) is 87.9 Å². The van der Waals surface area contributed by atoms with Crippen LogP contribution >= 0.6 is 15.9 Å². The van der Waals surface area contributed by atoms with Crippen LogP contribution < -0.4 is 14.3 Å². The number of hydrazone groups is 1. The second-order valence-electron chi connectivity index (χ2n) is 7.46. The zero-order valence-corrected chi connectivity index (χ0v) is 21.4. The molecule has 0 unspecified atom stereocenters. The Balaban J connectivity index is 1.79. The molecule has 3 aromatic carbocycles. The molecule has 0 atom stereocenters. The maximum absolute atomic E-state index is 12.8. The first kappa shape index (κ1) is 27.2. The third-order valence-corrected chi connectivity index (χ3v) is 6.59. The molecule has 0 aliphatic rings. The van der Waals surface area contributed by atoms with E-state index in [1.165, 1.54) is 32.2 Å². The van der Waals surface area contributed by atoms with Gasteiger partial charge in [0, 0.05) is 10.0 Å². The number of rotatable bonds is 8. The van der Waals surface area contributed by atoms with Crippen LogP contribution in [-0.2, 0) is 27.5 Å². The molecule has 1 amide bonds. The van der Waals surface area contributed by atoms with Crippen LogP contribution in [0, 0.1) is 0 Å². The summed E-state index contributed by atoms with van der Waals surface area (Å²) in [5.41, 5.74) is 2.59. The molecule has 36 heavy (non-hydrogen) atoms. The second kappa shape index (κ2) is 11.1. The van der Waals surface area contributed by atoms with Gasteiger partial charge in [-0.3, -0.25) is 4.79 Å². The number of carbonyl (C=O) groups is 1. The van der Waals surface area contributed by atoms with Crippen molar-refractivity contribution >= 4 is 37.7 Å². The lowest BCUT2D eigenvalue weighted by atomic mass is 10.1. The summed E-state index contributed by atoms with van der Waals surface area (Å²) in [5, 5.41) is 4.04. The van der Waals surface area contributed by atoms with Gasteiger partial charge in [-0.1, -0.05) is 28.1 Å². The molecule has 7 nitrogen and oxygen atoms in total. The van der Waals surface area contributed by atoms with E-state index >= 15 is 0 Å². The first-order valence-electron chi connectivity index (χ1n) is 10.3. The lowest BCUT2D eigenvalue weighted by molar-refractivity contribution is -0.137. The molecule has 0 saturated heterocycles. The maximum atomic E-state index is 12.8. The van der Waals surface area contributed by atoms with Crippen LogP contribution in [0.4, 0.5) is 13.2 Å². The van der Waals surface area contributed by atoms with Crippen LogP contribution in [0.25, 0.3) is 0 Å². The SMILES string of the molecule is COc1cccc(CC(=O)N/N=C(\C)c2cc(Br)ccc2OS(=O)(=O)c2ccc(C(F)(F)F)cc2)c1. The van der Waals surface area contributed by atoms with E-state index in [4.69, 9.17) is 8.92 Å². The number of benzene rings is 3. The Morgan fingerprint density at radius 1 is 1.06 bits per heavy atom. The van der Waals surface area contributed by atoms with E-state index in [0.717, 1.165) is 12.1 Å². The van der Waals surface area contributed by atoms with Crippen LogP contribution in [0.15, 0.2) is 81.2 Å². The first-order chi connectivity index (χ1) is 16.9. The van der Waals surface area contributed by atoms with Crippen molar-refractivity contribution in [1.82, 2.24) is 5.43 Å². The van der Waals surface area contributed by atoms with Crippen molar-refractivity contribution in [2.24, 2.45) is 5.10 Å². The van der Waals surface area contributed by atoms with Crippen molar-refractivity contribution in [3.63, 3.8) is 0 Å². The van der Waals surface area contributed by atoms with Gasteiger partial charge in [-0.25, -0.2) is 5.43 Å². The highest BCUT2D eigenvalue weighted by atomic mass is 79.9. The highest BCUT2D eigenvalue weighted by molar-refractivity contribution is 9.10. The number of amides is 1. The summed E-state index contributed by atoms with van der Waals surface area (Å²) in [6.07, 6.45) is -4.58. The van der Waals surface area contributed by atoms with Gasteiger partial charge in [0.25, 0.3) is 0 Å². The van der Waals surface area contributed by atoms with Gasteiger partial charge in [-0.2, -0.15) is 26.7 Å². The second-order valence-corrected chi connectivity index (χ2v) is 9.92. The van der Waals surface area contributed by atoms with Crippen LogP contribution in [-0.4, -0.2) is 27.1 Å². The Morgan fingerprint density at radius 3 is 2.39 bits per heavy atom. The van der Waals surface area contributed by atoms with Gasteiger partial charge >= 0.3 is 16.3 Å². The molecule has 0 radical (unpaired) electrons. The average molecular weight is 585 g/mol. The Labute approximate surface area is 214 Å². The summed E-state index contributed by atoms with van der Waals surface area (Å²) in [7, 11) is -2.94. The molecule has 0 fully saturated rings. The summed E-state index contributed by atoms with van der Waals surface area (Å²) in [4.78, 5) is 11.9. The highest BCUT2D eigenvalue weighted by Gasteiger charge is 2.31. The summed E-state index contributed by atoms with van der Waals surface area (Å²) in [6.45, 7) is 1.53. The topological polar surface area (TPSA) is 94.1 Å². The summed E-state index contributed by atoms with van der Waals surface area (Å²) >= 11 is 3.29. The lowest BCUT2D eigenvalue weighted by Gasteiger charge is -2.13. The average Bonchev–Trinajstić information content (AvgIpc) is 2.83.